The van der Waals surface area contributed by atoms with Gasteiger partial charge in [-0.1, -0.05) is 13.8 Å². The van der Waals surface area contributed by atoms with Crippen LogP contribution in [0, 0.1) is 0 Å². The van der Waals surface area contributed by atoms with Gasteiger partial charge < -0.3 is 14.9 Å². The van der Waals surface area contributed by atoms with Gasteiger partial charge in [0.2, 0.25) is 0 Å². The number of esters is 1. The van der Waals surface area contributed by atoms with Crippen molar-refractivity contribution in [1.82, 2.24) is 0 Å². The topological polar surface area (TPSA) is 66.8 Å². The maximum absolute atomic E-state index is 10.9. The van der Waals surface area contributed by atoms with Crippen LogP contribution in [0.15, 0.2) is 0 Å². The third kappa shape index (κ3) is 6.86. The van der Waals surface area contributed by atoms with Crippen molar-refractivity contribution in [3.8, 4) is 0 Å². The molecular weight excluding hydrogens is 184 g/mol. The molecule has 0 saturated carbocycles. The van der Waals surface area contributed by atoms with Crippen LogP contribution in [-0.2, 0) is 9.53 Å². The number of hydrogen-bond donors (Lipinski definition) is 2. The van der Waals surface area contributed by atoms with Crippen molar-refractivity contribution >= 4 is 5.97 Å². The zero-order chi connectivity index (χ0) is 11.0. The standard InChI is InChI=1S/C10H20O4/c1-3-5-10(13)14-7-9(12)6-8(11)4-2/h8-9,11-12H,3-7H2,1-2H3. The molecule has 0 radical (unpaired) electrons. The van der Waals surface area contributed by atoms with Crippen LogP contribution in [0.3, 0.4) is 0 Å². The van der Waals surface area contributed by atoms with Crippen LogP contribution < -0.4 is 0 Å². The van der Waals surface area contributed by atoms with Crippen molar-refractivity contribution in [2.45, 2.75) is 51.7 Å². The quantitative estimate of drug-likeness (QED) is 0.603. The lowest BCUT2D eigenvalue weighted by Gasteiger charge is -2.14. The molecule has 2 atom stereocenters. The van der Waals surface area contributed by atoms with E-state index in [9.17, 15) is 15.0 Å². The summed E-state index contributed by atoms with van der Waals surface area (Å²) >= 11 is 0. The lowest BCUT2D eigenvalue weighted by atomic mass is 10.1. The van der Waals surface area contributed by atoms with Crippen LogP contribution in [0.2, 0.25) is 0 Å². The summed E-state index contributed by atoms with van der Waals surface area (Å²) in [7, 11) is 0. The first-order valence-electron chi connectivity index (χ1n) is 5.11. The molecule has 2 N–H and O–H groups in total. The molecule has 0 heterocycles. The van der Waals surface area contributed by atoms with Crippen LogP contribution in [-0.4, -0.2) is 35.0 Å². The summed E-state index contributed by atoms with van der Waals surface area (Å²) in [5.41, 5.74) is 0. The molecule has 84 valence electrons. The average Bonchev–Trinajstić information content (AvgIpc) is 2.15. The third-order valence-electron chi connectivity index (χ3n) is 1.91. The van der Waals surface area contributed by atoms with Crippen molar-refractivity contribution in [3.05, 3.63) is 0 Å². The number of carbonyl (C=O) groups is 1. The van der Waals surface area contributed by atoms with E-state index in [0.717, 1.165) is 6.42 Å². The molecule has 14 heavy (non-hydrogen) atoms. The summed E-state index contributed by atoms with van der Waals surface area (Å²) in [4.78, 5) is 10.9. The first-order valence-corrected chi connectivity index (χ1v) is 5.11. The SMILES string of the molecule is CCCC(=O)OCC(O)CC(O)CC. The summed E-state index contributed by atoms with van der Waals surface area (Å²) in [6.07, 6.45) is 0.700. The van der Waals surface area contributed by atoms with Crippen molar-refractivity contribution in [1.29, 1.82) is 0 Å². The van der Waals surface area contributed by atoms with E-state index < -0.39 is 12.2 Å². The Hall–Kier alpha value is -0.610. The second-order valence-electron chi connectivity index (χ2n) is 3.38. The van der Waals surface area contributed by atoms with E-state index in [0.29, 0.717) is 12.8 Å². The molecule has 4 heteroatoms. The smallest absolute Gasteiger partial charge is 0.305 e. The summed E-state index contributed by atoms with van der Waals surface area (Å²) in [5.74, 6) is -0.294. The molecule has 0 fully saturated rings. The molecule has 0 aliphatic heterocycles. The van der Waals surface area contributed by atoms with E-state index in [1.165, 1.54) is 0 Å². The Morgan fingerprint density at radius 3 is 2.43 bits per heavy atom. The van der Waals surface area contributed by atoms with Crippen molar-refractivity contribution in [3.63, 3.8) is 0 Å². The van der Waals surface area contributed by atoms with Crippen LogP contribution in [0.5, 0.6) is 0 Å². The fourth-order valence-electron chi connectivity index (χ4n) is 1.01. The lowest BCUT2D eigenvalue weighted by Crippen LogP contribution is -2.23. The maximum Gasteiger partial charge on any atom is 0.305 e. The first-order chi connectivity index (χ1) is 6.60. The van der Waals surface area contributed by atoms with Gasteiger partial charge in [-0.05, 0) is 12.8 Å². The van der Waals surface area contributed by atoms with Crippen LogP contribution >= 0.6 is 0 Å². The second-order valence-corrected chi connectivity index (χ2v) is 3.38. The number of aliphatic hydroxyl groups excluding tert-OH is 2. The molecule has 0 amide bonds. The molecular formula is C10H20O4. The van der Waals surface area contributed by atoms with E-state index >= 15 is 0 Å². The first kappa shape index (κ1) is 13.4. The van der Waals surface area contributed by atoms with E-state index in [2.05, 4.69) is 0 Å². The fourth-order valence-corrected chi connectivity index (χ4v) is 1.01. The Kier molecular flexibility index (Phi) is 7.42. The summed E-state index contributed by atoms with van der Waals surface area (Å²) in [6, 6.07) is 0. The normalized spacial score (nSPS) is 14.9. The Labute approximate surface area is 84.9 Å². The number of ether oxygens (including phenoxy) is 1. The molecule has 0 aliphatic carbocycles. The Morgan fingerprint density at radius 1 is 1.29 bits per heavy atom. The molecule has 4 nitrogen and oxygen atoms in total. The highest BCUT2D eigenvalue weighted by Crippen LogP contribution is 2.03. The zero-order valence-electron chi connectivity index (χ0n) is 8.90. The predicted octanol–water partition coefficient (Wildman–Crippen LogP) is 0.852. The van der Waals surface area contributed by atoms with E-state index in [4.69, 9.17) is 4.74 Å². The van der Waals surface area contributed by atoms with Gasteiger partial charge in [0.25, 0.3) is 0 Å². The summed E-state index contributed by atoms with van der Waals surface area (Å²) in [6.45, 7) is 3.70. The van der Waals surface area contributed by atoms with Crippen LogP contribution in [0.1, 0.15) is 39.5 Å². The van der Waals surface area contributed by atoms with Gasteiger partial charge >= 0.3 is 5.97 Å². The zero-order valence-corrected chi connectivity index (χ0v) is 8.90. The highest BCUT2D eigenvalue weighted by Gasteiger charge is 2.12. The van der Waals surface area contributed by atoms with Crippen molar-refractivity contribution in [2.75, 3.05) is 6.61 Å². The Morgan fingerprint density at radius 2 is 1.93 bits per heavy atom. The monoisotopic (exact) mass is 204 g/mol. The Balaban J connectivity index is 3.52. The van der Waals surface area contributed by atoms with Crippen molar-refractivity contribution in [2.24, 2.45) is 0 Å². The minimum Gasteiger partial charge on any atom is -0.463 e. The van der Waals surface area contributed by atoms with Gasteiger partial charge in [-0.15, -0.1) is 0 Å². The minimum absolute atomic E-state index is 0.0180. The van der Waals surface area contributed by atoms with Crippen LogP contribution in [0.25, 0.3) is 0 Å². The highest BCUT2D eigenvalue weighted by molar-refractivity contribution is 5.69. The number of carbonyl (C=O) groups excluding carboxylic acids is 1. The number of aliphatic hydroxyl groups is 2. The molecule has 0 rings (SSSR count). The van der Waals surface area contributed by atoms with Gasteiger partial charge in [-0.2, -0.15) is 0 Å². The van der Waals surface area contributed by atoms with E-state index in [-0.39, 0.29) is 19.0 Å². The maximum atomic E-state index is 10.9. The molecule has 0 saturated heterocycles. The van der Waals surface area contributed by atoms with Gasteiger partial charge in [-0.25, -0.2) is 0 Å². The van der Waals surface area contributed by atoms with E-state index in [1.807, 2.05) is 13.8 Å². The summed E-state index contributed by atoms with van der Waals surface area (Å²) in [5, 5.41) is 18.5. The molecule has 0 spiro atoms. The molecule has 0 aromatic rings. The minimum atomic E-state index is -0.759. The summed E-state index contributed by atoms with van der Waals surface area (Å²) < 4.78 is 4.79. The third-order valence-corrected chi connectivity index (χ3v) is 1.91. The molecule has 2 unspecified atom stereocenters. The fraction of sp³-hybridized carbons (Fsp3) is 0.900. The number of rotatable bonds is 7. The van der Waals surface area contributed by atoms with Gasteiger partial charge in [0.15, 0.2) is 0 Å². The Bertz CT molecular complexity index is 158. The van der Waals surface area contributed by atoms with Crippen molar-refractivity contribution < 1.29 is 19.7 Å². The second kappa shape index (κ2) is 7.76. The molecule has 0 aliphatic rings. The highest BCUT2D eigenvalue weighted by atomic mass is 16.5. The predicted molar refractivity (Wildman–Crippen MR) is 52.8 cm³/mol. The lowest BCUT2D eigenvalue weighted by molar-refractivity contribution is -0.147. The molecule has 0 aromatic carbocycles. The van der Waals surface area contributed by atoms with Gasteiger partial charge in [0, 0.05) is 12.8 Å². The van der Waals surface area contributed by atoms with Crippen LogP contribution in [0.4, 0.5) is 0 Å². The largest absolute Gasteiger partial charge is 0.463 e. The molecule has 0 bridgehead atoms. The average molecular weight is 204 g/mol. The van der Waals surface area contributed by atoms with Gasteiger partial charge in [-0.3, -0.25) is 4.79 Å². The van der Waals surface area contributed by atoms with Gasteiger partial charge in [0.1, 0.15) is 6.61 Å². The number of hydrogen-bond acceptors (Lipinski definition) is 4. The van der Waals surface area contributed by atoms with E-state index in [1.54, 1.807) is 0 Å². The molecule has 0 aromatic heterocycles. The van der Waals surface area contributed by atoms with Gasteiger partial charge in [0.05, 0.1) is 12.2 Å².